The second-order valence-corrected chi connectivity index (χ2v) is 10.4. The normalized spacial score (nSPS) is 18.6. The van der Waals surface area contributed by atoms with E-state index in [-0.39, 0.29) is 22.4 Å². The van der Waals surface area contributed by atoms with Gasteiger partial charge in [-0.25, -0.2) is 12.8 Å². The molecule has 1 N–H and O–H groups in total. The first-order valence-electron chi connectivity index (χ1n) is 11.2. The third-order valence-electron chi connectivity index (χ3n) is 6.47. The van der Waals surface area contributed by atoms with Gasteiger partial charge in [-0.05, 0) is 68.5 Å². The van der Waals surface area contributed by atoms with Crippen LogP contribution in [-0.2, 0) is 20.2 Å². The van der Waals surface area contributed by atoms with Crippen molar-refractivity contribution >= 4 is 21.6 Å². The fourth-order valence-electron chi connectivity index (χ4n) is 4.77. The van der Waals surface area contributed by atoms with Crippen molar-refractivity contribution in [2.75, 3.05) is 25.0 Å². The minimum Gasteiger partial charge on any atom is -0.492 e. The third kappa shape index (κ3) is 4.26. The number of anilines is 1. The van der Waals surface area contributed by atoms with Crippen molar-refractivity contribution < 1.29 is 22.3 Å². The Morgan fingerprint density at radius 2 is 1.72 bits per heavy atom. The molecule has 1 aliphatic carbocycles. The summed E-state index contributed by atoms with van der Waals surface area (Å²) in [5.41, 5.74) is 0.440. The van der Waals surface area contributed by atoms with Crippen molar-refractivity contribution in [3.8, 4) is 5.75 Å². The van der Waals surface area contributed by atoms with E-state index in [0.29, 0.717) is 38.2 Å². The average Bonchev–Trinajstić information content (AvgIpc) is 3.49. The Balaban J connectivity index is 1.66. The van der Waals surface area contributed by atoms with Crippen LogP contribution in [0, 0.1) is 5.82 Å². The quantitative estimate of drug-likeness (QED) is 0.662. The first-order valence-corrected chi connectivity index (χ1v) is 12.7. The zero-order valence-corrected chi connectivity index (χ0v) is 19.1. The zero-order chi connectivity index (χ0) is 22.8. The molecule has 1 aliphatic heterocycles. The highest BCUT2D eigenvalue weighted by molar-refractivity contribution is 7.89. The fourth-order valence-corrected chi connectivity index (χ4v) is 6.45. The van der Waals surface area contributed by atoms with Crippen molar-refractivity contribution in [1.82, 2.24) is 4.31 Å². The van der Waals surface area contributed by atoms with Crippen molar-refractivity contribution in [3.63, 3.8) is 0 Å². The van der Waals surface area contributed by atoms with Gasteiger partial charge in [-0.2, -0.15) is 4.31 Å². The van der Waals surface area contributed by atoms with E-state index in [1.165, 1.54) is 22.5 Å². The van der Waals surface area contributed by atoms with Crippen LogP contribution >= 0.6 is 0 Å². The summed E-state index contributed by atoms with van der Waals surface area (Å²) in [4.78, 5) is 13.5. The topological polar surface area (TPSA) is 75.7 Å². The molecule has 2 aromatic rings. The van der Waals surface area contributed by atoms with Gasteiger partial charge in [0.2, 0.25) is 15.9 Å². The first kappa shape index (κ1) is 22.7. The SMILES string of the molecule is CCOc1ccc(NC(=O)C2(c3ccc(F)cc3)CCCC2)cc1S(=O)(=O)N1CCCC1. The van der Waals surface area contributed by atoms with E-state index < -0.39 is 15.4 Å². The molecule has 0 radical (unpaired) electrons. The monoisotopic (exact) mass is 460 g/mol. The van der Waals surface area contributed by atoms with Gasteiger partial charge in [-0.1, -0.05) is 25.0 Å². The number of halogens is 1. The molecule has 0 atom stereocenters. The highest BCUT2D eigenvalue weighted by atomic mass is 32.2. The largest absolute Gasteiger partial charge is 0.492 e. The van der Waals surface area contributed by atoms with E-state index in [2.05, 4.69) is 5.32 Å². The van der Waals surface area contributed by atoms with Crippen LogP contribution < -0.4 is 10.1 Å². The van der Waals surface area contributed by atoms with Gasteiger partial charge in [0.05, 0.1) is 12.0 Å². The number of hydrogen-bond donors (Lipinski definition) is 1. The molecule has 1 amide bonds. The summed E-state index contributed by atoms with van der Waals surface area (Å²) < 4.78 is 47.0. The molecule has 0 spiro atoms. The minimum absolute atomic E-state index is 0.0707. The van der Waals surface area contributed by atoms with Crippen LogP contribution in [0.2, 0.25) is 0 Å². The van der Waals surface area contributed by atoms with Crippen LogP contribution in [0.3, 0.4) is 0 Å². The zero-order valence-electron chi connectivity index (χ0n) is 18.3. The molecule has 1 heterocycles. The molecule has 1 saturated heterocycles. The number of amides is 1. The second-order valence-electron chi connectivity index (χ2n) is 8.46. The van der Waals surface area contributed by atoms with Crippen LogP contribution in [0.1, 0.15) is 51.0 Å². The fraction of sp³-hybridized carbons (Fsp3) is 0.458. The molecule has 172 valence electrons. The van der Waals surface area contributed by atoms with Gasteiger partial charge in [0.1, 0.15) is 16.5 Å². The molecule has 0 bridgehead atoms. The molecule has 2 aromatic carbocycles. The molecular formula is C24H29FN2O4S. The van der Waals surface area contributed by atoms with Gasteiger partial charge >= 0.3 is 0 Å². The van der Waals surface area contributed by atoms with E-state index >= 15 is 0 Å². The lowest BCUT2D eigenvalue weighted by Gasteiger charge is -2.28. The van der Waals surface area contributed by atoms with Crippen molar-refractivity contribution in [2.24, 2.45) is 0 Å². The lowest BCUT2D eigenvalue weighted by molar-refractivity contribution is -0.121. The Kier molecular flexibility index (Phi) is 6.53. The number of rotatable bonds is 7. The molecule has 4 rings (SSSR count). The number of carbonyl (C=O) groups excluding carboxylic acids is 1. The summed E-state index contributed by atoms with van der Waals surface area (Å²) in [6.07, 6.45) is 4.81. The smallest absolute Gasteiger partial charge is 0.246 e. The van der Waals surface area contributed by atoms with Crippen LogP contribution in [0.5, 0.6) is 5.75 Å². The van der Waals surface area contributed by atoms with Gasteiger partial charge in [-0.3, -0.25) is 4.79 Å². The number of carbonyl (C=O) groups is 1. The first-order chi connectivity index (χ1) is 15.4. The molecule has 8 heteroatoms. The highest BCUT2D eigenvalue weighted by Gasteiger charge is 2.43. The minimum atomic E-state index is -3.73. The standard InChI is InChI=1S/C24H29FN2O4S/c1-2-31-21-12-11-20(17-22(21)32(29,30)27-15-5-6-16-27)26-23(28)24(13-3-4-14-24)18-7-9-19(25)10-8-18/h7-12,17H,2-6,13-16H2,1H3,(H,26,28). The van der Waals surface area contributed by atoms with Gasteiger partial charge in [0, 0.05) is 18.8 Å². The van der Waals surface area contributed by atoms with Gasteiger partial charge in [-0.15, -0.1) is 0 Å². The van der Waals surface area contributed by atoms with Crippen molar-refractivity contribution in [3.05, 3.63) is 53.8 Å². The Bertz CT molecular complexity index is 1070. The van der Waals surface area contributed by atoms with Crippen LogP contribution in [0.25, 0.3) is 0 Å². The average molecular weight is 461 g/mol. The van der Waals surface area contributed by atoms with Crippen molar-refractivity contribution in [2.45, 2.75) is 55.8 Å². The lowest BCUT2D eigenvalue weighted by Crippen LogP contribution is -2.38. The number of hydrogen-bond acceptors (Lipinski definition) is 4. The van der Waals surface area contributed by atoms with Gasteiger partial charge < -0.3 is 10.1 Å². The van der Waals surface area contributed by atoms with E-state index in [1.54, 1.807) is 31.2 Å². The number of ether oxygens (including phenoxy) is 1. The maximum atomic E-state index is 13.5. The van der Waals surface area contributed by atoms with Gasteiger partial charge in [0.25, 0.3) is 0 Å². The predicted molar refractivity (Wildman–Crippen MR) is 121 cm³/mol. The van der Waals surface area contributed by atoms with Gasteiger partial charge in [0.15, 0.2) is 0 Å². The Labute approximate surface area is 188 Å². The highest BCUT2D eigenvalue weighted by Crippen LogP contribution is 2.42. The summed E-state index contributed by atoms with van der Waals surface area (Å²) in [6.45, 7) is 3.10. The van der Waals surface area contributed by atoms with Crippen LogP contribution in [-0.4, -0.2) is 38.3 Å². The van der Waals surface area contributed by atoms with E-state index in [1.807, 2.05) is 0 Å². The molecule has 0 aromatic heterocycles. The summed E-state index contributed by atoms with van der Waals surface area (Å²) in [5, 5.41) is 2.94. The van der Waals surface area contributed by atoms with E-state index in [9.17, 15) is 17.6 Å². The Morgan fingerprint density at radius 1 is 1.06 bits per heavy atom. The van der Waals surface area contributed by atoms with Crippen LogP contribution in [0.15, 0.2) is 47.4 Å². The van der Waals surface area contributed by atoms with E-state index in [0.717, 1.165) is 31.2 Å². The number of sulfonamides is 1. The van der Waals surface area contributed by atoms with Crippen molar-refractivity contribution in [1.29, 1.82) is 0 Å². The molecule has 1 saturated carbocycles. The number of nitrogens with zero attached hydrogens (tertiary/aromatic N) is 1. The molecule has 6 nitrogen and oxygen atoms in total. The maximum Gasteiger partial charge on any atom is 0.246 e. The Morgan fingerprint density at radius 3 is 2.34 bits per heavy atom. The van der Waals surface area contributed by atoms with E-state index in [4.69, 9.17) is 4.74 Å². The Hall–Kier alpha value is -2.45. The maximum absolute atomic E-state index is 13.5. The second kappa shape index (κ2) is 9.19. The summed E-state index contributed by atoms with van der Waals surface area (Å²) in [5.74, 6) is -0.257. The van der Waals surface area contributed by atoms with Crippen LogP contribution in [0.4, 0.5) is 10.1 Å². The summed E-state index contributed by atoms with van der Waals surface area (Å²) in [6, 6.07) is 10.8. The molecule has 32 heavy (non-hydrogen) atoms. The molecule has 0 unspecified atom stereocenters. The third-order valence-corrected chi connectivity index (χ3v) is 8.39. The number of nitrogens with one attached hydrogen (secondary N) is 1. The molecular weight excluding hydrogens is 431 g/mol. The molecule has 2 fully saturated rings. The summed E-state index contributed by atoms with van der Waals surface area (Å²) in [7, 11) is -3.73. The summed E-state index contributed by atoms with van der Waals surface area (Å²) >= 11 is 0. The predicted octanol–water partition coefficient (Wildman–Crippen LogP) is 4.46. The molecule has 2 aliphatic rings. The lowest BCUT2D eigenvalue weighted by atomic mass is 9.78. The number of benzene rings is 2.